The molecular formula is C21H23N3O2. The first-order valence-electron chi connectivity index (χ1n) is 9.03. The molecule has 0 bridgehead atoms. The first kappa shape index (κ1) is 16.8. The summed E-state index contributed by atoms with van der Waals surface area (Å²) in [6.07, 6.45) is 3.33. The van der Waals surface area contributed by atoms with Gasteiger partial charge in [-0.05, 0) is 46.9 Å². The van der Waals surface area contributed by atoms with Crippen molar-refractivity contribution in [1.29, 1.82) is 0 Å². The number of aromatic nitrogens is 2. The van der Waals surface area contributed by atoms with E-state index in [0.717, 1.165) is 27.5 Å². The van der Waals surface area contributed by atoms with Crippen molar-refractivity contribution in [2.75, 3.05) is 6.54 Å². The highest BCUT2D eigenvalue weighted by molar-refractivity contribution is 6.04. The zero-order valence-corrected chi connectivity index (χ0v) is 15.3. The summed E-state index contributed by atoms with van der Waals surface area (Å²) in [4.78, 5) is 21.5. The van der Waals surface area contributed by atoms with E-state index in [4.69, 9.17) is 0 Å². The van der Waals surface area contributed by atoms with Gasteiger partial charge >= 0.3 is 0 Å². The molecule has 134 valence electrons. The van der Waals surface area contributed by atoms with Gasteiger partial charge in [-0.15, -0.1) is 0 Å². The Morgan fingerprint density at radius 1 is 1.31 bits per heavy atom. The molecule has 0 saturated heterocycles. The number of hydrogen-bond donors (Lipinski definition) is 2. The van der Waals surface area contributed by atoms with Gasteiger partial charge in [-0.3, -0.25) is 4.79 Å². The molecule has 1 aliphatic heterocycles. The number of nitrogens with zero attached hydrogens (tertiary/aromatic N) is 2. The lowest BCUT2D eigenvalue weighted by Gasteiger charge is -2.31. The van der Waals surface area contributed by atoms with E-state index in [1.165, 1.54) is 0 Å². The second kappa shape index (κ2) is 5.95. The molecule has 0 saturated carbocycles. The van der Waals surface area contributed by atoms with Crippen LogP contribution in [0.15, 0.2) is 42.9 Å². The number of carbonyl (C=O) groups is 1. The number of hydrogen-bond acceptors (Lipinski definition) is 3. The van der Waals surface area contributed by atoms with Gasteiger partial charge in [0.05, 0.1) is 12.0 Å². The summed E-state index contributed by atoms with van der Waals surface area (Å²) in [7, 11) is 0. The van der Waals surface area contributed by atoms with E-state index in [9.17, 15) is 9.90 Å². The predicted octanol–water partition coefficient (Wildman–Crippen LogP) is 3.43. The Morgan fingerprint density at radius 3 is 2.77 bits per heavy atom. The van der Waals surface area contributed by atoms with Gasteiger partial charge in [0.1, 0.15) is 5.60 Å². The van der Waals surface area contributed by atoms with Crippen LogP contribution >= 0.6 is 0 Å². The molecule has 26 heavy (non-hydrogen) atoms. The molecule has 0 aliphatic carbocycles. The van der Waals surface area contributed by atoms with Gasteiger partial charge in [-0.2, -0.15) is 0 Å². The third-order valence-electron chi connectivity index (χ3n) is 5.54. The Labute approximate surface area is 152 Å². The second-order valence-electron chi connectivity index (χ2n) is 7.22. The number of amides is 1. The number of aromatic amines is 1. The zero-order chi connectivity index (χ0) is 18.5. The smallest absolute Gasteiger partial charge is 0.254 e. The van der Waals surface area contributed by atoms with Crippen molar-refractivity contribution >= 4 is 16.7 Å². The van der Waals surface area contributed by atoms with E-state index in [1.807, 2.05) is 56.0 Å². The topological polar surface area (TPSA) is 69.2 Å². The summed E-state index contributed by atoms with van der Waals surface area (Å²) in [6.45, 7) is 7.32. The summed E-state index contributed by atoms with van der Waals surface area (Å²) in [5, 5.41) is 13.6. The minimum Gasteiger partial charge on any atom is -0.378 e. The van der Waals surface area contributed by atoms with Crippen LogP contribution in [0, 0.1) is 5.92 Å². The van der Waals surface area contributed by atoms with Gasteiger partial charge in [0.2, 0.25) is 0 Å². The molecule has 1 amide bonds. The molecule has 1 unspecified atom stereocenters. The minimum atomic E-state index is -1.17. The first-order valence-corrected chi connectivity index (χ1v) is 9.03. The van der Waals surface area contributed by atoms with Crippen LogP contribution in [0.4, 0.5) is 0 Å². The van der Waals surface area contributed by atoms with E-state index in [1.54, 1.807) is 12.5 Å². The van der Waals surface area contributed by atoms with Crippen LogP contribution in [0.1, 0.15) is 48.0 Å². The quantitative estimate of drug-likeness (QED) is 0.758. The largest absolute Gasteiger partial charge is 0.378 e. The Morgan fingerprint density at radius 2 is 2.12 bits per heavy atom. The van der Waals surface area contributed by atoms with Crippen LogP contribution in [-0.4, -0.2) is 32.4 Å². The highest BCUT2D eigenvalue weighted by atomic mass is 16.3. The molecular weight excluding hydrogens is 326 g/mol. The minimum absolute atomic E-state index is 0.0464. The molecule has 0 spiro atoms. The van der Waals surface area contributed by atoms with Gasteiger partial charge in [0.25, 0.3) is 5.91 Å². The fraction of sp³-hybridized carbons (Fsp3) is 0.333. The number of fused-ring (bicyclic) bond motifs is 3. The lowest BCUT2D eigenvalue weighted by Crippen LogP contribution is -2.33. The number of rotatable bonds is 4. The van der Waals surface area contributed by atoms with Crippen LogP contribution in [-0.2, 0) is 12.1 Å². The lowest BCUT2D eigenvalue weighted by atomic mass is 9.80. The number of nitrogens with one attached hydrogen (secondary N) is 1. The zero-order valence-electron chi connectivity index (χ0n) is 15.3. The van der Waals surface area contributed by atoms with Crippen molar-refractivity contribution in [2.45, 2.75) is 32.9 Å². The lowest BCUT2D eigenvalue weighted by molar-refractivity contribution is 0.0280. The number of aliphatic hydroxyl groups is 1. The van der Waals surface area contributed by atoms with Crippen LogP contribution in [0.2, 0.25) is 0 Å². The highest BCUT2D eigenvalue weighted by Gasteiger charge is 2.37. The summed E-state index contributed by atoms with van der Waals surface area (Å²) >= 11 is 0. The molecule has 0 radical (unpaired) electrons. The molecule has 2 heterocycles. The molecule has 0 fully saturated rings. The summed E-state index contributed by atoms with van der Waals surface area (Å²) in [6, 6.07) is 9.87. The van der Waals surface area contributed by atoms with E-state index >= 15 is 0 Å². The third-order valence-corrected chi connectivity index (χ3v) is 5.54. The van der Waals surface area contributed by atoms with Gasteiger partial charge < -0.3 is 15.0 Å². The Kier molecular flexibility index (Phi) is 3.84. The summed E-state index contributed by atoms with van der Waals surface area (Å²) in [5.74, 6) is 0.0542. The normalized spacial score (nSPS) is 16.3. The second-order valence-corrected chi connectivity index (χ2v) is 7.22. The maximum atomic E-state index is 12.4. The van der Waals surface area contributed by atoms with Gasteiger partial charge in [-0.25, -0.2) is 4.98 Å². The molecule has 2 aromatic carbocycles. The van der Waals surface area contributed by atoms with Crippen LogP contribution in [0.25, 0.3) is 10.8 Å². The van der Waals surface area contributed by atoms with E-state index in [-0.39, 0.29) is 11.8 Å². The Bertz CT molecular complexity index is 978. The van der Waals surface area contributed by atoms with E-state index < -0.39 is 5.60 Å². The van der Waals surface area contributed by atoms with Crippen LogP contribution in [0.5, 0.6) is 0 Å². The molecule has 1 aromatic heterocycles. The summed E-state index contributed by atoms with van der Waals surface area (Å²) in [5.41, 5.74) is 2.12. The average molecular weight is 349 g/mol. The molecule has 4 rings (SSSR count). The number of benzene rings is 2. The SMILES string of the molecule is CCN1Cc2c(ccc3cc(C(O)(c4c[nH]cn4)C(C)C)ccc23)C1=O. The van der Waals surface area contributed by atoms with Crippen LogP contribution < -0.4 is 0 Å². The molecule has 5 nitrogen and oxygen atoms in total. The van der Waals surface area contributed by atoms with Crippen molar-refractivity contribution in [3.05, 3.63) is 65.2 Å². The van der Waals surface area contributed by atoms with E-state index in [2.05, 4.69) is 9.97 Å². The predicted molar refractivity (Wildman–Crippen MR) is 101 cm³/mol. The fourth-order valence-electron chi connectivity index (χ4n) is 3.94. The van der Waals surface area contributed by atoms with Gasteiger partial charge in [0, 0.05) is 24.8 Å². The third kappa shape index (κ3) is 2.27. The molecule has 5 heteroatoms. The Hall–Kier alpha value is -2.66. The summed E-state index contributed by atoms with van der Waals surface area (Å²) < 4.78 is 0. The Balaban J connectivity index is 1.87. The standard InChI is InChI=1S/C21H23N3O2/c1-4-24-11-18-16-8-6-15(9-14(16)5-7-17(18)20(24)25)21(26,13(2)3)19-10-22-12-23-19/h5-10,12-13,26H,4,11H2,1-3H3,(H,22,23). The fourth-order valence-corrected chi connectivity index (χ4v) is 3.94. The highest BCUT2D eigenvalue weighted by Crippen LogP contribution is 2.38. The van der Waals surface area contributed by atoms with Gasteiger partial charge in [-0.1, -0.05) is 32.0 Å². The molecule has 1 atom stereocenters. The molecule has 2 N–H and O–H groups in total. The molecule has 1 aliphatic rings. The number of imidazole rings is 1. The maximum Gasteiger partial charge on any atom is 0.254 e. The van der Waals surface area contributed by atoms with E-state index in [0.29, 0.717) is 18.8 Å². The first-order chi connectivity index (χ1) is 12.5. The maximum absolute atomic E-state index is 12.4. The monoisotopic (exact) mass is 349 g/mol. The van der Waals surface area contributed by atoms with Crippen molar-refractivity contribution < 1.29 is 9.90 Å². The van der Waals surface area contributed by atoms with Crippen molar-refractivity contribution in [3.63, 3.8) is 0 Å². The van der Waals surface area contributed by atoms with Crippen molar-refractivity contribution in [2.24, 2.45) is 5.92 Å². The van der Waals surface area contributed by atoms with Crippen molar-refractivity contribution in [3.8, 4) is 0 Å². The van der Waals surface area contributed by atoms with Crippen molar-refractivity contribution in [1.82, 2.24) is 14.9 Å². The van der Waals surface area contributed by atoms with Gasteiger partial charge in [0.15, 0.2) is 0 Å². The number of carbonyl (C=O) groups excluding carboxylic acids is 1. The molecule has 3 aromatic rings. The number of H-pyrrole nitrogens is 1. The average Bonchev–Trinajstić information content (AvgIpc) is 3.29. The van der Waals surface area contributed by atoms with Crippen LogP contribution in [0.3, 0.4) is 0 Å².